The second-order valence-electron chi connectivity index (χ2n) is 4.72. The molecule has 0 aromatic carbocycles. The van der Waals surface area contributed by atoms with Crippen molar-refractivity contribution >= 4 is 0 Å². The fourth-order valence-corrected chi connectivity index (χ4v) is 2.53. The van der Waals surface area contributed by atoms with Crippen LogP contribution < -0.4 is 0 Å². The average Bonchev–Trinajstić information content (AvgIpc) is 2.76. The van der Waals surface area contributed by atoms with Gasteiger partial charge in [-0.2, -0.15) is 5.10 Å². The third-order valence-electron chi connectivity index (χ3n) is 3.41. The van der Waals surface area contributed by atoms with Gasteiger partial charge in [0.2, 0.25) is 0 Å². The summed E-state index contributed by atoms with van der Waals surface area (Å²) in [4.78, 5) is 0. The lowest BCUT2D eigenvalue weighted by Gasteiger charge is -2.18. The zero-order valence-electron chi connectivity index (χ0n) is 9.61. The molecule has 0 bridgehead atoms. The first-order valence-corrected chi connectivity index (χ1v) is 5.86. The molecule has 1 aromatic rings. The Balaban J connectivity index is 1.98. The van der Waals surface area contributed by atoms with Gasteiger partial charge in [0, 0.05) is 5.69 Å². The van der Waals surface area contributed by atoms with Crippen molar-refractivity contribution in [3.63, 3.8) is 0 Å². The first-order valence-electron chi connectivity index (χ1n) is 5.86. The number of aliphatic hydroxyl groups is 1. The van der Waals surface area contributed by atoms with Gasteiger partial charge in [-0.3, -0.25) is 4.68 Å². The molecule has 1 unspecified atom stereocenters. The van der Waals surface area contributed by atoms with E-state index < -0.39 is 0 Å². The van der Waals surface area contributed by atoms with Crippen molar-refractivity contribution in [1.82, 2.24) is 9.78 Å². The summed E-state index contributed by atoms with van der Waals surface area (Å²) in [6.07, 6.45) is 4.70. The standard InChI is InChI=1S/C12H20N2O/c1-9-7-10(2)14(13-9)8-12(15)11-5-3-4-6-11/h7,11-12,15H,3-6,8H2,1-2H3. The molecule has 1 aromatic heterocycles. The minimum Gasteiger partial charge on any atom is -0.391 e. The molecule has 0 spiro atoms. The number of aliphatic hydroxyl groups excluding tert-OH is 1. The molecule has 1 fully saturated rings. The number of rotatable bonds is 3. The summed E-state index contributed by atoms with van der Waals surface area (Å²) in [6, 6.07) is 2.06. The zero-order valence-corrected chi connectivity index (χ0v) is 9.61. The molecule has 3 nitrogen and oxygen atoms in total. The molecule has 1 N–H and O–H groups in total. The third-order valence-corrected chi connectivity index (χ3v) is 3.41. The van der Waals surface area contributed by atoms with E-state index in [-0.39, 0.29) is 6.10 Å². The van der Waals surface area contributed by atoms with Crippen LogP contribution in [-0.4, -0.2) is 21.0 Å². The number of nitrogens with zero attached hydrogens (tertiary/aromatic N) is 2. The van der Waals surface area contributed by atoms with E-state index in [4.69, 9.17) is 0 Å². The maximum Gasteiger partial charge on any atom is 0.0764 e. The Hall–Kier alpha value is -0.830. The summed E-state index contributed by atoms with van der Waals surface area (Å²) in [5, 5.41) is 14.5. The molecule has 1 atom stereocenters. The first kappa shape index (κ1) is 10.7. The minimum atomic E-state index is -0.217. The van der Waals surface area contributed by atoms with Gasteiger partial charge in [0.25, 0.3) is 0 Å². The highest BCUT2D eigenvalue weighted by Crippen LogP contribution is 2.28. The van der Waals surface area contributed by atoms with E-state index >= 15 is 0 Å². The van der Waals surface area contributed by atoms with Crippen molar-refractivity contribution in [2.45, 2.75) is 52.2 Å². The number of aromatic nitrogens is 2. The normalized spacial score (nSPS) is 19.7. The van der Waals surface area contributed by atoms with Crippen LogP contribution >= 0.6 is 0 Å². The van der Waals surface area contributed by atoms with Gasteiger partial charge in [-0.15, -0.1) is 0 Å². The Morgan fingerprint density at radius 1 is 1.47 bits per heavy atom. The van der Waals surface area contributed by atoms with Gasteiger partial charge in [0.15, 0.2) is 0 Å². The molecule has 1 saturated carbocycles. The van der Waals surface area contributed by atoms with Crippen molar-refractivity contribution in [3.8, 4) is 0 Å². The molecule has 0 saturated heterocycles. The summed E-state index contributed by atoms with van der Waals surface area (Å²) in [6.45, 7) is 4.69. The van der Waals surface area contributed by atoms with E-state index in [1.165, 1.54) is 25.7 Å². The molecule has 2 rings (SSSR count). The van der Waals surface area contributed by atoms with Crippen LogP contribution in [0.2, 0.25) is 0 Å². The van der Waals surface area contributed by atoms with Crippen LogP contribution in [0.5, 0.6) is 0 Å². The van der Waals surface area contributed by atoms with Crippen LogP contribution in [0.15, 0.2) is 6.07 Å². The molecule has 0 radical (unpaired) electrons. The third kappa shape index (κ3) is 2.40. The van der Waals surface area contributed by atoms with Gasteiger partial charge in [0.1, 0.15) is 0 Å². The number of aryl methyl sites for hydroxylation is 2. The Bertz CT molecular complexity index is 326. The van der Waals surface area contributed by atoms with Gasteiger partial charge in [-0.1, -0.05) is 12.8 Å². The van der Waals surface area contributed by atoms with E-state index in [1.807, 2.05) is 18.5 Å². The lowest BCUT2D eigenvalue weighted by molar-refractivity contribution is 0.0887. The minimum absolute atomic E-state index is 0.217. The number of hydrogen-bond donors (Lipinski definition) is 1. The highest BCUT2D eigenvalue weighted by molar-refractivity contribution is 5.06. The van der Waals surface area contributed by atoms with Gasteiger partial charge in [0.05, 0.1) is 18.3 Å². The van der Waals surface area contributed by atoms with E-state index in [2.05, 4.69) is 11.2 Å². The molecule has 3 heteroatoms. The molecule has 1 aliphatic rings. The molecule has 15 heavy (non-hydrogen) atoms. The van der Waals surface area contributed by atoms with Crippen LogP contribution in [-0.2, 0) is 6.54 Å². The van der Waals surface area contributed by atoms with Gasteiger partial charge in [-0.05, 0) is 38.7 Å². The van der Waals surface area contributed by atoms with E-state index in [0.29, 0.717) is 12.5 Å². The van der Waals surface area contributed by atoms with Crippen molar-refractivity contribution in [2.24, 2.45) is 5.92 Å². The fourth-order valence-electron chi connectivity index (χ4n) is 2.53. The summed E-state index contributed by atoms with van der Waals surface area (Å²) in [5.74, 6) is 0.494. The lowest BCUT2D eigenvalue weighted by Crippen LogP contribution is -2.25. The fraction of sp³-hybridized carbons (Fsp3) is 0.750. The largest absolute Gasteiger partial charge is 0.391 e. The first-order chi connectivity index (χ1) is 7.16. The highest BCUT2D eigenvalue weighted by Gasteiger charge is 2.23. The van der Waals surface area contributed by atoms with E-state index in [0.717, 1.165) is 11.4 Å². The maximum atomic E-state index is 10.1. The lowest BCUT2D eigenvalue weighted by atomic mass is 10.0. The monoisotopic (exact) mass is 208 g/mol. The summed E-state index contributed by atoms with van der Waals surface area (Å²) in [7, 11) is 0. The molecule has 1 heterocycles. The number of hydrogen-bond acceptors (Lipinski definition) is 2. The van der Waals surface area contributed by atoms with Crippen molar-refractivity contribution < 1.29 is 5.11 Å². The summed E-state index contributed by atoms with van der Waals surface area (Å²) >= 11 is 0. The van der Waals surface area contributed by atoms with Crippen LogP contribution in [0.1, 0.15) is 37.1 Å². The molecule has 84 valence electrons. The van der Waals surface area contributed by atoms with Crippen molar-refractivity contribution in [2.75, 3.05) is 0 Å². The predicted octanol–water partition coefficient (Wildman–Crippen LogP) is 2.05. The Morgan fingerprint density at radius 2 is 2.13 bits per heavy atom. The average molecular weight is 208 g/mol. The van der Waals surface area contributed by atoms with Crippen LogP contribution in [0.4, 0.5) is 0 Å². The molecule has 1 aliphatic carbocycles. The quantitative estimate of drug-likeness (QED) is 0.825. The topological polar surface area (TPSA) is 38.0 Å². The Labute approximate surface area is 91.1 Å². The van der Waals surface area contributed by atoms with Crippen LogP contribution in [0.3, 0.4) is 0 Å². The summed E-state index contributed by atoms with van der Waals surface area (Å²) < 4.78 is 1.93. The Morgan fingerprint density at radius 3 is 2.67 bits per heavy atom. The van der Waals surface area contributed by atoms with Gasteiger partial charge < -0.3 is 5.11 Å². The molecular weight excluding hydrogens is 188 g/mol. The van der Waals surface area contributed by atoms with Crippen molar-refractivity contribution in [1.29, 1.82) is 0 Å². The molecular formula is C12H20N2O. The smallest absolute Gasteiger partial charge is 0.0764 e. The molecule has 0 amide bonds. The van der Waals surface area contributed by atoms with Crippen LogP contribution in [0.25, 0.3) is 0 Å². The summed E-state index contributed by atoms with van der Waals surface area (Å²) in [5.41, 5.74) is 2.18. The zero-order chi connectivity index (χ0) is 10.8. The highest BCUT2D eigenvalue weighted by atomic mass is 16.3. The predicted molar refractivity (Wildman–Crippen MR) is 59.7 cm³/mol. The van der Waals surface area contributed by atoms with E-state index in [1.54, 1.807) is 0 Å². The SMILES string of the molecule is Cc1cc(C)n(CC(O)C2CCCC2)n1. The van der Waals surface area contributed by atoms with E-state index in [9.17, 15) is 5.11 Å². The molecule has 0 aliphatic heterocycles. The second-order valence-corrected chi connectivity index (χ2v) is 4.72. The maximum absolute atomic E-state index is 10.1. The van der Waals surface area contributed by atoms with Gasteiger partial charge in [-0.25, -0.2) is 0 Å². The Kier molecular flexibility index (Phi) is 3.10. The van der Waals surface area contributed by atoms with Gasteiger partial charge >= 0.3 is 0 Å². The van der Waals surface area contributed by atoms with Crippen LogP contribution in [0, 0.1) is 19.8 Å². The second kappa shape index (κ2) is 4.35. The van der Waals surface area contributed by atoms with Crippen molar-refractivity contribution in [3.05, 3.63) is 17.5 Å².